The standard InChI is InChI=1S/C26H19F3N4OS/c27-26(28,29)19-10-8-17(9-11-19)15-31-25(34)23-22-20(21-7-4-14-35-21)12-13-30-24(22)33(32-23)16-18-5-2-1-3-6-18/h1-14H,15-16H2,(H,31,34). The molecule has 176 valence electrons. The molecule has 5 nitrogen and oxygen atoms in total. The van der Waals surface area contributed by atoms with E-state index in [1.54, 1.807) is 22.2 Å². The third-order valence-corrected chi connectivity index (χ3v) is 6.45. The molecule has 9 heteroatoms. The van der Waals surface area contributed by atoms with Crippen LogP contribution in [0.2, 0.25) is 0 Å². The summed E-state index contributed by atoms with van der Waals surface area (Å²) in [5.74, 6) is -0.424. The summed E-state index contributed by atoms with van der Waals surface area (Å²) in [7, 11) is 0. The largest absolute Gasteiger partial charge is 0.416 e. The van der Waals surface area contributed by atoms with Crippen LogP contribution in [0, 0.1) is 0 Å². The van der Waals surface area contributed by atoms with Crippen LogP contribution in [0.4, 0.5) is 13.2 Å². The first-order valence-corrected chi connectivity index (χ1v) is 11.7. The molecule has 0 saturated heterocycles. The van der Waals surface area contributed by atoms with E-state index in [4.69, 9.17) is 0 Å². The Morgan fingerprint density at radius 3 is 2.40 bits per heavy atom. The van der Waals surface area contributed by atoms with E-state index in [1.165, 1.54) is 12.1 Å². The van der Waals surface area contributed by atoms with Crippen LogP contribution >= 0.6 is 11.3 Å². The van der Waals surface area contributed by atoms with Crippen LogP contribution in [0.1, 0.15) is 27.2 Å². The molecule has 0 aliphatic heterocycles. The second kappa shape index (κ2) is 9.34. The molecular formula is C26H19F3N4OS. The number of alkyl halides is 3. The number of amides is 1. The summed E-state index contributed by atoms with van der Waals surface area (Å²) >= 11 is 1.55. The Morgan fingerprint density at radius 2 is 1.71 bits per heavy atom. The van der Waals surface area contributed by atoms with Crippen LogP contribution in [0.15, 0.2) is 84.4 Å². The first-order valence-electron chi connectivity index (χ1n) is 10.8. The molecule has 5 rings (SSSR count). The molecule has 0 radical (unpaired) electrons. The maximum absolute atomic E-state index is 13.3. The highest BCUT2D eigenvalue weighted by Gasteiger charge is 2.30. The highest BCUT2D eigenvalue weighted by molar-refractivity contribution is 7.13. The van der Waals surface area contributed by atoms with Crippen molar-refractivity contribution in [2.75, 3.05) is 0 Å². The number of nitrogens with zero attached hydrogens (tertiary/aromatic N) is 3. The maximum Gasteiger partial charge on any atom is 0.416 e. The molecule has 0 aliphatic rings. The summed E-state index contributed by atoms with van der Waals surface area (Å²) < 4.78 is 40.2. The molecule has 0 aliphatic carbocycles. The number of rotatable bonds is 6. The van der Waals surface area contributed by atoms with Gasteiger partial charge in [0.25, 0.3) is 5.91 Å². The van der Waals surface area contributed by atoms with Gasteiger partial charge in [0, 0.05) is 23.2 Å². The Kier molecular flexibility index (Phi) is 6.08. The summed E-state index contributed by atoms with van der Waals surface area (Å²) in [4.78, 5) is 18.8. The molecule has 0 saturated carbocycles. The van der Waals surface area contributed by atoms with E-state index in [-0.39, 0.29) is 12.2 Å². The zero-order valence-corrected chi connectivity index (χ0v) is 19.1. The van der Waals surface area contributed by atoms with Gasteiger partial charge in [0.1, 0.15) is 0 Å². The van der Waals surface area contributed by atoms with Crippen LogP contribution in [0.5, 0.6) is 0 Å². The molecule has 3 aromatic heterocycles. The van der Waals surface area contributed by atoms with Gasteiger partial charge in [-0.1, -0.05) is 48.5 Å². The average Bonchev–Trinajstić information content (AvgIpc) is 3.52. The molecule has 0 spiro atoms. The fraction of sp³-hybridized carbons (Fsp3) is 0.115. The number of hydrogen-bond acceptors (Lipinski definition) is 4. The number of aromatic nitrogens is 3. The van der Waals surface area contributed by atoms with E-state index in [9.17, 15) is 18.0 Å². The first kappa shape index (κ1) is 22.8. The van der Waals surface area contributed by atoms with Crippen molar-refractivity contribution in [1.82, 2.24) is 20.1 Å². The first-order chi connectivity index (χ1) is 16.9. The van der Waals surface area contributed by atoms with Gasteiger partial charge in [-0.3, -0.25) is 4.79 Å². The van der Waals surface area contributed by atoms with Gasteiger partial charge in [0.2, 0.25) is 0 Å². The number of fused-ring (bicyclic) bond motifs is 1. The van der Waals surface area contributed by atoms with Gasteiger partial charge < -0.3 is 5.32 Å². The fourth-order valence-electron chi connectivity index (χ4n) is 3.84. The molecule has 1 N–H and O–H groups in total. The van der Waals surface area contributed by atoms with E-state index in [0.29, 0.717) is 23.1 Å². The van der Waals surface area contributed by atoms with Gasteiger partial charge in [-0.15, -0.1) is 11.3 Å². The second-order valence-electron chi connectivity index (χ2n) is 7.90. The highest BCUT2D eigenvalue weighted by Crippen LogP contribution is 2.33. The van der Waals surface area contributed by atoms with E-state index in [1.807, 2.05) is 53.9 Å². The number of halogens is 3. The third-order valence-electron chi connectivity index (χ3n) is 5.54. The predicted molar refractivity (Wildman–Crippen MR) is 129 cm³/mol. The Hall–Kier alpha value is -3.98. The highest BCUT2D eigenvalue weighted by atomic mass is 32.1. The van der Waals surface area contributed by atoms with Gasteiger partial charge in [-0.25, -0.2) is 9.67 Å². The van der Waals surface area contributed by atoms with Gasteiger partial charge in [0.05, 0.1) is 17.5 Å². The van der Waals surface area contributed by atoms with Crippen LogP contribution < -0.4 is 5.32 Å². The van der Waals surface area contributed by atoms with Crippen LogP contribution in [-0.4, -0.2) is 20.7 Å². The van der Waals surface area contributed by atoms with E-state index in [0.717, 1.165) is 28.1 Å². The van der Waals surface area contributed by atoms with Crippen LogP contribution in [0.25, 0.3) is 21.5 Å². The Labute approximate surface area is 202 Å². The average molecular weight is 493 g/mol. The van der Waals surface area contributed by atoms with Crippen molar-refractivity contribution in [1.29, 1.82) is 0 Å². The molecular weight excluding hydrogens is 473 g/mol. The monoisotopic (exact) mass is 492 g/mol. The molecule has 0 atom stereocenters. The van der Waals surface area contributed by atoms with Crippen molar-refractivity contribution >= 4 is 28.3 Å². The lowest BCUT2D eigenvalue weighted by Gasteiger charge is -2.08. The molecule has 0 unspecified atom stereocenters. The topological polar surface area (TPSA) is 59.8 Å². The van der Waals surface area contributed by atoms with Gasteiger partial charge in [-0.05, 0) is 40.8 Å². The quantitative estimate of drug-likeness (QED) is 0.309. The number of hydrogen-bond donors (Lipinski definition) is 1. The second-order valence-corrected chi connectivity index (χ2v) is 8.85. The van der Waals surface area contributed by atoms with E-state index >= 15 is 0 Å². The number of carbonyl (C=O) groups is 1. The minimum absolute atomic E-state index is 0.0681. The lowest BCUT2D eigenvalue weighted by Crippen LogP contribution is -2.24. The van der Waals surface area contributed by atoms with Crippen molar-refractivity contribution in [3.05, 3.63) is 107 Å². The summed E-state index contributed by atoms with van der Waals surface area (Å²) in [5, 5.41) is 10.0. The van der Waals surface area contributed by atoms with Gasteiger partial charge >= 0.3 is 6.18 Å². The number of thiophene rings is 1. The smallest absolute Gasteiger partial charge is 0.347 e. The van der Waals surface area contributed by atoms with Crippen molar-refractivity contribution in [3.63, 3.8) is 0 Å². The van der Waals surface area contributed by atoms with Crippen molar-refractivity contribution in [3.8, 4) is 10.4 Å². The number of nitrogens with one attached hydrogen (secondary N) is 1. The molecule has 5 aromatic rings. The predicted octanol–water partition coefficient (Wildman–Crippen LogP) is 6.16. The lowest BCUT2D eigenvalue weighted by molar-refractivity contribution is -0.137. The Morgan fingerprint density at radius 1 is 0.943 bits per heavy atom. The van der Waals surface area contributed by atoms with E-state index in [2.05, 4.69) is 15.4 Å². The maximum atomic E-state index is 13.3. The van der Waals surface area contributed by atoms with Crippen LogP contribution in [0.3, 0.4) is 0 Å². The Bertz CT molecular complexity index is 1460. The normalized spacial score (nSPS) is 11.6. The van der Waals surface area contributed by atoms with Crippen LogP contribution in [-0.2, 0) is 19.3 Å². The minimum Gasteiger partial charge on any atom is -0.347 e. The van der Waals surface area contributed by atoms with Gasteiger partial charge in [-0.2, -0.15) is 18.3 Å². The molecule has 35 heavy (non-hydrogen) atoms. The molecule has 1 amide bonds. The summed E-state index contributed by atoms with van der Waals surface area (Å²) in [6, 6.07) is 20.2. The summed E-state index contributed by atoms with van der Waals surface area (Å²) in [5.41, 5.74) is 2.49. The third kappa shape index (κ3) is 4.81. The Balaban J connectivity index is 1.49. The lowest BCUT2D eigenvalue weighted by atomic mass is 10.1. The number of pyridine rings is 1. The number of carbonyl (C=O) groups excluding carboxylic acids is 1. The summed E-state index contributed by atoms with van der Waals surface area (Å²) in [6.07, 6.45) is -2.71. The zero-order chi connectivity index (χ0) is 24.4. The minimum atomic E-state index is -4.41. The number of benzene rings is 2. The van der Waals surface area contributed by atoms with Crippen molar-refractivity contribution in [2.24, 2.45) is 0 Å². The summed E-state index contributed by atoms with van der Waals surface area (Å²) in [6.45, 7) is 0.503. The SMILES string of the molecule is O=C(NCc1ccc(C(F)(F)F)cc1)c1nn(Cc2ccccc2)c2nccc(-c3cccs3)c12. The molecule has 3 heterocycles. The molecule has 0 fully saturated rings. The van der Waals surface area contributed by atoms with Crippen molar-refractivity contribution in [2.45, 2.75) is 19.3 Å². The zero-order valence-electron chi connectivity index (χ0n) is 18.3. The fourth-order valence-corrected chi connectivity index (χ4v) is 4.60. The van der Waals surface area contributed by atoms with Crippen molar-refractivity contribution < 1.29 is 18.0 Å². The molecule has 2 aromatic carbocycles. The van der Waals surface area contributed by atoms with Gasteiger partial charge in [0.15, 0.2) is 11.3 Å². The van der Waals surface area contributed by atoms with E-state index < -0.39 is 17.6 Å². The molecule has 0 bridgehead atoms.